The summed E-state index contributed by atoms with van der Waals surface area (Å²) in [6.07, 6.45) is 10.2. The number of rotatable bonds is 7. The summed E-state index contributed by atoms with van der Waals surface area (Å²) in [5, 5.41) is 3.98. The van der Waals surface area contributed by atoms with Gasteiger partial charge in [-0.15, -0.1) is 12.3 Å². The van der Waals surface area contributed by atoms with E-state index < -0.39 is 6.04 Å². The number of benzene rings is 1. The molecule has 0 radical (unpaired) electrons. The molecule has 1 amide bonds. The van der Waals surface area contributed by atoms with Crippen LogP contribution in [0.5, 0.6) is 0 Å². The number of fused-ring (bicyclic) bond motifs is 1. The third-order valence-corrected chi connectivity index (χ3v) is 3.50. The molecule has 1 atom stereocenters. The first-order chi connectivity index (χ1) is 10.2. The zero-order valence-electron chi connectivity index (χ0n) is 12.1. The minimum absolute atomic E-state index is 0.110. The van der Waals surface area contributed by atoms with Gasteiger partial charge in [0.2, 0.25) is 5.91 Å². The molecule has 0 bridgehead atoms. The molecule has 21 heavy (non-hydrogen) atoms. The Balaban J connectivity index is 1.85. The van der Waals surface area contributed by atoms with Crippen molar-refractivity contribution in [3.8, 4) is 12.3 Å². The highest BCUT2D eigenvalue weighted by Gasteiger charge is 2.15. The molecule has 2 aromatic rings. The van der Waals surface area contributed by atoms with Crippen molar-refractivity contribution >= 4 is 16.8 Å². The summed E-state index contributed by atoms with van der Waals surface area (Å²) in [6.45, 7) is 0.627. The molecule has 2 rings (SSSR count). The monoisotopic (exact) mass is 283 g/mol. The normalized spacial score (nSPS) is 12.0. The van der Waals surface area contributed by atoms with Gasteiger partial charge in [0, 0.05) is 30.1 Å². The Morgan fingerprint density at radius 1 is 1.38 bits per heavy atom. The van der Waals surface area contributed by atoms with Crippen molar-refractivity contribution in [3.63, 3.8) is 0 Å². The third-order valence-electron chi connectivity index (χ3n) is 3.50. The van der Waals surface area contributed by atoms with E-state index in [9.17, 15) is 4.79 Å². The number of aromatic nitrogens is 1. The largest absolute Gasteiger partial charge is 0.361 e. The fourth-order valence-corrected chi connectivity index (χ4v) is 2.32. The van der Waals surface area contributed by atoms with Crippen LogP contribution in [0.4, 0.5) is 0 Å². The minimum atomic E-state index is -0.531. The maximum absolute atomic E-state index is 12.0. The third kappa shape index (κ3) is 4.11. The number of carbonyl (C=O) groups is 1. The van der Waals surface area contributed by atoms with Gasteiger partial charge in [-0.3, -0.25) is 4.79 Å². The van der Waals surface area contributed by atoms with E-state index in [4.69, 9.17) is 12.2 Å². The molecule has 0 aliphatic rings. The molecule has 1 heterocycles. The number of nitrogens with two attached hydrogens (primary N) is 1. The van der Waals surface area contributed by atoms with Gasteiger partial charge in [0.25, 0.3) is 0 Å². The number of amides is 1. The van der Waals surface area contributed by atoms with E-state index in [1.54, 1.807) is 0 Å². The lowest BCUT2D eigenvalue weighted by atomic mass is 10.1. The number of para-hydroxylation sites is 1. The van der Waals surface area contributed by atoms with Crippen LogP contribution in [0.25, 0.3) is 10.9 Å². The Morgan fingerprint density at radius 2 is 2.19 bits per heavy atom. The molecular formula is C17H21N3O. The SMILES string of the molecule is C#CCCCCNC(=O)C(N)Cc1c[nH]c2ccccc12. The molecule has 0 spiro atoms. The minimum Gasteiger partial charge on any atom is -0.361 e. The highest BCUT2D eigenvalue weighted by Crippen LogP contribution is 2.18. The number of unbranched alkanes of at least 4 members (excludes halogenated alkanes) is 2. The summed E-state index contributed by atoms with van der Waals surface area (Å²) >= 11 is 0. The van der Waals surface area contributed by atoms with E-state index in [-0.39, 0.29) is 5.91 Å². The molecule has 110 valence electrons. The van der Waals surface area contributed by atoms with Gasteiger partial charge in [0.05, 0.1) is 6.04 Å². The maximum atomic E-state index is 12.0. The fraction of sp³-hybridized carbons (Fsp3) is 0.353. The predicted molar refractivity (Wildman–Crippen MR) is 85.7 cm³/mol. The Kier molecular flexibility index (Phi) is 5.42. The number of nitrogens with one attached hydrogen (secondary N) is 2. The number of aromatic amines is 1. The lowest BCUT2D eigenvalue weighted by Crippen LogP contribution is -2.42. The van der Waals surface area contributed by atoms with Gasteiger partial charge in [0.1, 0.15) is 0 Å². The molecule has 4 heteroatoms. The van der Waals surface area contributed by atoms with Gasteiger partial charge in [-0.1, -0.05) is 18.2 Å². The molecule has 4 N–H and O–H groups in total. The average molecular weight is 283 g/mol. The van der Waals surface area contributed by atoms with Gasteiger partial charge in [-0.2, -0.15) is 0 Å². The van der Waals surface area contributed by atoms with Gasteiger partial charge in [-0.25, -0.2) is 0 Å². The van der Waals surface area contributed by atoms with Gasteiger partial charge in [-0.05, 0) is 30.9 Å². The van der Waals surface area contributed by atoms with E-state index in [0.29, 0.717) is 13.0 Å². The Morgan fingerprint density at radius 3 is 3.00 bits per heavy atom. The number of H-pyrrole nitrogens is 1. The first kappa shape index (κ1) is 15.1. The van der Waals surface area contributed by atoms with Gasteiger partial charge < -0.3 is 16.0 Å². The summed E-state index contributed by atoms with van der Waals surface area (Å²) in [6, 6.07) is 7.47. The Bertz CT molecular complexity index is 639. The highest BCUT2D eigenvalue weighted by atomic mass is 16.2. The van der Waals surface area contributed by atoms with Crippen LogP contribution in [-0.2, 0) is 11.2 Å². The van der Waals surface area contributed by atoms with Crippen molar-refractivity contribution in [2.45, 2.75) is 31.7 Å². The second-order valence-electron chi connectivity index (χ2n) is 5.12. The summed E-state index contributed by atoms with van der Waals surface area (Å²) in [5.74, 6) is 2.47. The maximum Gasteiger partial charge on any atom is 0.237 e. The molecule has 0 saturated carbocycles. The molecule has 0 fully saturated rings. The molecular weight excluding hydrogens is 262 g/mol. The second kappa shape index (κ2) is 7.51. The van der Waals surface area contributed by atoms with Gasteiger partial charge in [0.15, 0.2) is 0 Å². The average Bonchev–Trinajstić information content (AvgIpc) is 2.90. The van der Waals surface area contributed by atoms with Crippen molar-refractivity contribution in [2.75, 3.05) is 6.54 Å². The van der Waals surface area contributed by atoms with Crippen LogP contribution in [0, 0.1) is 12.3 Å². The van der Waals surface area contributed by atoms with Crippen LogP contribution in [0.2, 0.25) is 0 Å². The van der Waals surface area contributed by atoms with E-state index in [2.05, 4.69) is 16.2 Å². The predicted octanol–water partition coefficient (Wildman–Crippen LogP) is 1.96. The Hall–Kier alpha value is -2.25. The van der Waals surface area contributed by atoms with Crippen LogP contribution in [0.1, 0.15) is 24.8 Å². The van der Waals surface area contributed by atoms with Gasteiger partial charge >= 0.3 is 0 Å². The molecule has 1 unspecified atom stereocenters. The first-order valence-electron chi connectivity index (χ1n) is 7.24. The summed E-state index contributed by atoms with van der Waals surface area (Å²) in [4.78, 5) is 15.1. The van der Waals surface area contributed by atoms with Crippen LogP contribution in [-0.4, -0.2) is 23.5 Å². The van der Waals surface area contributed by atoms with E-state index >= 15 is 0 Å². The first-order valence-corrected chi connectivity index (χ1v) is 7.24. The Labute approximate surface area is 125 Å². The van der Waals surface area contributed by atoms with Crippen molar-refractivity contribution in [3.05, 3.63) is 36.0 Å². The van der Waals surface area contributed by atoms with Crippen LogP contribution >= 0.6 is 0 Å². The van der Waals surface area contributed by atoms with Crippen LogP contribution in [0.15, 0.2) is 30.5 Å². The fourth-order valence-electron chi connectivity index (χ4n) is 2.32. The molecule has 0 aliphatic heterocycles. The van der Waals surface area contributed by atoms with Crippen LogP contribution in [0.3, 0.4) is 0 Å². The number of terminal acetylenes is 1. The number of carbonyl (C=O) groups excluding carboxylic acids is 1. The molecule has 1 aromatic carbocycles. The standard InChI is InChI=1S/C17H21N3O/c1-2-3-4-7-10-19-17(21)15(18)11-13-12-20-16-9-6-5-8-14(13)16/h1,5-6,8-9,12,15,20H,3-4,7,10-11,18H2,(H,19,21). The number of hydrogen-bond donors (Lipinski definition) is 3. The quantitative estimate of drug-likeness (QED) is 0.537. The molecule has 4 nitrogen and oxygen atoms in total. The lowest BCUT2D eigenvalue weighted by molar-refractivity contribution is -0.122. The summed E-state index contributed by atoms with van der Waals surface area (Å²) in [7, 11) is 0. The van der Waals surface area contributed by atoms with Crippen molar-refractivity contribution in [2.24, 2.45) is 5.73 Å². The van der Waals surface area contributed by atoms with Crippen molar-refractivity contribution < 1.29 is 4.79 Å². The zero-order valence-corrected chi connectivity index (χ0v) is 12.1. The smallest absolute Gasteiger partial charge is 0.237 e. The zero-order chi connectivity index (χ0) is 15.1. The molecule has 0 saturated heterocycles. The van der Waals surface area contributed by atoms with E-state index in [1.165, 1.54) is 0 Å². The van der Waals surface area contributed by atoms with E-state index in [0.717, 1.165) is 35.7 Å². The summed E-state index contributed by atoms with van der Waals surface area (Å²) in [5.41, 5.74) is 8.12. The van der Waals surface area contributed by atoms with E-state index in [1.807, 2.05) is 30.5 Å². The topological polar surface area (TPSA) is 70.9 Å². The van der Waals surface area contributed by atoms with Crippen LogP contribution < -0.4 is 11.1 Å². The second-order valence-corrected chi connectivity index (χ2v) is 5.12. The highest BCUT2D eigenvalue weighted by molar-refractivity contribution is 5.86. The van der Waals surface area contributed by atoms with Crippen molar-refractivity contribution in [1.82, 2.24) is 10.3 Å². The molecule has 1 aromatic heterocycles. The summed E-state index contributed by atoms with van der Waals surface area (Å²) < 4.78 is 0. The molecule has 0 aliphatic carbocycles. The van der Waals surface area contributed by atoms with Crippen molar-refractivity contribution in [1.29, 1.82) is 0 Å². The number of hydrogen-bond acceptors (Lipinski definition) is 2. The lowest BCUT2D eigenvalue weighted by Gasteiger charge is -2.11.